The van der Waals surface area contributed by atoms with Crippen LogP contribution in [0.25, 0.3) is 22.4 Å². The van der Waals surface area contributed by atoms with Gasteiger partial charge in [0.15, 0.2) is 0 Å². The Morgan fingerprint density at radius 3 is 2.85 bits per heavy atom. The van der Waals surface area contributed by atoms with Crippen molar-refractivity contribution in [2.75, 3.05) is 26.0 Å². The highest BCUT2D eigenvalue weighted by atomic mass is 16.5. The number of nitrogens with zero attached hydrogens (tertiary/aromatic N) is 3. The number of aromatic nitrogens is 3. The number of aryl methyl sites for hydroxylation is 1. The van der Waals surface area contributed by atoms with Gasteiger partial charge in [0, 0.05) is 36.7 Å². The average molecular weight is 363 g/mol. The van der Waals surface area contributed by atoms with Gasteiger partial charge in [0.05, 0.1) is 18.5 Å². The molecule has 0 atom stereocenters. The van der Waals surface area contributed by atoms with Crippen molar-refractivity contribution in [3.63, 3.8) is 0 Å². The maximum absolute atomic E-state index is 12.2. The molecule has 7 nitrogen and oxygen atoms in total. The predicted molar refractivity (Wildman–Crippen MR) is 104 cm³/mol. The monoisotopic (exact) mass is 363 g/mol. The van der Waals surface area contributed by atoms with Crippen molar-refractivity contribution in [2.24, 2.45) is 0 Å². The minimum atomic E-state index is -0.247. The molecule has 2 aromatic heterocycles. The average Bonchev–Trinajstić information content (AvgIpc) is 2.70. The SMILES string of the molecule is COCCNC(=O)c1cc(-c2cnnc(-c3cc(N)ccc3C)c2)ccn1. The third kappa shape index (κ3) is 4.45. The summed E-state index contributed by atoms with van der Waals surface area (Å²) < 4.78 is 4.94. The van der Waals surface area contributed by atoms with Gasteiger partial charge in [0.25, 0.3) is 5.91 Å². The number of methoxy groups -OCH3 is 1. The molecular weight excluding hydrogens is 342 g/mol. The Balaban J connectivity index is 1.90. The quantitative estimate of drug-likeness (QED) is 0.515. The van der Waals surface area contributed by atoms with Crippen molar-refractivity contribution in [3.8, 4) is 22.4 Å². The van der Waals surface area contributed by atoms with Crippen LogP contribution in [0.3, 0.4) is 0 Å². The molecule has 3 rings (SSSR count). The van der Waals surface area contributed by atoms with Gasteiger partial charge in [0.1, 0.15) is 5.69 Å². The van der Waals surface area contributed by atoms with Gasteiger partial charge in [-0.25, -0.2) is 0 Å². The summed E-state index contributed by atoms with van der Waals surface area (Å²) in [6.07, 6.45) is 3.26. The van der Waals surface area contributed by atoms with Gasteiger partial charge in [-0.15, -0.1) is 0 Å². The smallest absolute Gasteiger partial charge is 0.269 e. The van der Waals surface area contributed by atoms with Crippen LogP contribution in [0, 0.1) is 6.92 Å². The third-order valence-corrected chi connectivity index (χ3v) is 4.11. The Bertz CT molecular complexity index is 959. The summed E-state index contributed by atoms with van der Waals surface area (Å²) in [6, 6.07) is 11.2. The molecule has 3 aromatic rings. The van der Waals surface area contributed by atoms with Gasteiger partial charge in [-0.3, -0.25) is 9.78 Å². The molecule has 0 aliphatic carbocycles. The minimum absolute atomic E-state index is 0.247. The van der Waals surface area contributed by atoms with Crippen LogP contribution in [0.5, 0.6) is 0 Å². The second-order valence-corrected chi connectivity index (χ2v) is 6.08. The zero-order valence-corrected chi connectivity index (χ0v) is 15.3. The van der Waals surface area contributed by atoms with Crippen molar-refractivity contribution in [1.82, 2.24) is 20.5 Å². The lowest BCUT2D eigenvalue weighted by molar-refractivity contribution is 0.0932. The lowest BCUT2D eigenvalue weighted by Gasteiger charge is -2.09. The van der Waals surface area contributed by atoms with E-state index in [1.807, 2.05) is 37.3 Å². The first-order valence-electron chi connectivity index (χ1n) is 8.51. The van der Waals surface area contributed by atoms with Gasteiger partial charge in [-0.05, 0) is 48.4 Å². The predicted octanol–water partition coefficient (Wildman–Crippen LogP) is 2.47. The molecule has 0 spiro atoms. The van der Waals surface area contributed by atoms with Crippen LogP contribution >= 0.6 is 0 Å². The zero-order chi connectivity index (χ0) is 19.2. The number of anilines is 1. The van der Waals surface area contributed by atoms with Crippen LogP contribution < -0.4 is 11.1 Å². The number of hydrogen-bond donors (Lipinski definition) is 2. The molecule has 0 fully saturated rings. The first kappa shape index (κ1) is 18.5. The summed E-state index contributed by atoms with van der Waals surface area (Å²) >= 11 is 0. The number of carbonyl (C=O) groups is 1. The fraction of sp³-hybridized carbons (Fsp3) is 0.200. The Hall–Kier alpha value is -3.32. The lowest BCUT2D eigenvalue weighted by Crippen LogP contribution is -2.27. The van der Waals surface area contributed by atoms with Crippen LogP contribution in [0.15, 0.2) is 48.8 Å². The van der Waals surface area contributed by atoms with E-state index in [1.165, 1.54) is 0 Å². The Labute approximate surface area is 157 Å². The topological polar surface area (TPSA) is 103 Å². The highest BCUT2D eigenvalue weighted by molar-refractivity contribution is 5.93. The number of nitrogen functional groups attached to an aromatic ring is 1. The first-order valence-corrected chi connectivity index (χ1v) is 8.51. The van der Waals surface area contributed by atoms with Crippen molar-refractivity contribution in [1.29, 1.82) is 0 Å². The number of nitrogens with two attached hydrogens (primary N) is 1. The van der Waals surface area contributed by atoms with Crippen molar-refractivity contribution < 1.29 is 9.53 Å². The fourth-order valence-electron chi connectivity index (χ4n) is 2.66. The molecule has 1 aromatic carbocycles. The number of hydrogen-bond acceptors (Lipinski definition) is 6. The van der Waals surface area contributed by atoms with E-state index in [-0.39, 0.29) is 5.91 Å². The molecule has 0 aliphatic heterocycles. The number of ether oxygens (including phenoxy) is 1. The molecular formula is C20H21N5O2. The van der Waals surface area contributed by atoms with E-state index in [4.69, 9.17) is 10.5 Å². The Morgan fingerprint density at radius 2 is 2.04 bits per heavy atom. The highest BCUT2D eigenvalue weighted by Gasteiger charge is 2.11. The summed E-state index contributed by atoms with van der Waals surface area (Å²) in [6.45, 7) is 2.87. The van der Waals surface area contributed by atoms with Crippen molar-refractivity contribution >= 4 is 11.6 Å². The molecule has 0 unspecified atom stereocenters. The third-order valence-electron chi connectivity index (χ3n) is 4.11. The molecule has 0 saturated carbocycles. The van der Waals surface area contributed by atoms with Gasteiger partial charge in [0.2, 0.25) is 0 Å². The number of benzene rings is 1. The number of nitrogens with one attached hydrogen (secondary N) is 1. The standard InChI is InChI=1S/C20H21N5O2/c1-13-3-4-16(21)11-17(13)18-10-15(12-24-25-18)14-5-6-22-19(9-14)20(26)23-7-8-27-2/h3-6,9-12H,7-8,21H2,1-2H3,(H,23,26). The lowest BCUT2D eigenvalue weighted by atomic mass is 10.0. The van der Waals surface area contributed by atoms with Crippen LogP contribution in [0.1, 0.15) is 16.1 Å². The van der Waals surface area contributed by atoms with E-state index in [9.17, 15) is 4.79 Å². The molecule has 0 bridgehead atoms. The normalized spacial score (nSPS) is 10.6. The summed E-state index contributed by atoms with van der Waals surface area (Å²) in [5.74, 6) is -0.247. The van der Waals surface area contributed by atoms with Gasteiger partial charge in [-0.1, -0.05) is 6.07 Å². The fourth-order valence-corrected chi connectivity index (χ4v) is 2.66. The van der Waals surface area contributed by atoms with Gasteiger partial charge < -0.3 is 15.8 Å². The van der Waals surface area contributed by atoms with E-state index in [2.05, 4.69) is 20.5 Å². The number of carbonyl (C=O) groups excluding carboxylic acids is 1. The van der Waals surface area contributed by atoms with Crippen LogP contribution in [0.4, 0.5) is 5.69 Å². The molecule has 0 saturated heterocycles. The van der Waals surface area contributed by atoms with E-state index in [1.54, 1.807) is 25.6 Å². The largest absolute Gasteiger partial charge is 0.399 e. The minimum Gasteiger partial charge on any atom is -0.399 e. The highest BCUT2D eigenvalue weighted by Crippen LogP contribution is 2.27. The molecule has 1 amide bonds. The van der Waals surface area contributed by atoms with E-state index in [0.29, 0.717) is 24.5 Å². The van der Waals surface area contributed by atoms with Crippen LogP contribution in [-0.4, -0.2) is 41.3 Å². The summed E-state index contributed by atoms with van der Waals surface area (Å²) in [4.78, 5) is 16.3. The zero-order valence-electron chi connectivity index (χ0n) is 15.3. The van der Waals surface area contributed by atoms with Crippen LogP contribution in [-0.2, 0) is 4.74 Å². The number of amides is 1. The molecule has 3 N–H and O–H groups in total. The summed E-state index contributed by atoms with van der Waals surface area (Å²) in [5.41, 5.74) is 11.3. The second kappa shape index (κ2) is 8.37. The van der Waals surface area contributed by atoms with E-state index < -0.39 is 0 Å². The first-order chi connectivity index (χ1) is 13.1. The van der Waals surface area contributed by atoms with Gasteiger partial charge in [-0.2, -0.15) is 10.2 Å². The maximum atomic E-state index is 12.2. The van der Waals surface area contributed by atoms with Crippen molar-refractivity contribution in [3.05, 3.63) is 60.0 Å². The van der Waals surface area contributed by atoms with Crippen molar-refractivity contribution in [2.45, 2.75) is 6.92 Å². The molecule has 7 heteroatoms. The van der Waals surface area contributed by atoms with Crippen LogP contribution in [0.2, 0.25) is 0 Å². The number of pyridine rings is 1. The molecule has 138 valence electrons. The molecule has 27 heavy (non-hydrogen) atoms. The van der Waals surface area contributed by atoms with E-state index >= 15 is 0 Å². The Kier molecular flexibility index (Phi) is 5.73. The summed E-state index contributed by atoms with van der Waals surface area (Å²) in [5, 5.41) is 11.1. The van der Waals surface area contributed by atoms with Gasteiger partial charge >= 0.3 is 0 Å². The molecule has 0 radical (unpaired) electrons. The summed E-state index contributed by atoms with van der Waals surface area (Å²) in [7, 11) is 1.58. The Morgan fingerprint density at radius 1 is 1.19 bits per heavy atom. The second-order valence-electron chi connectivity index (χ2n) is 6.08. The molecule has 2 heterocycles. The maximum Gasteiger partial charge on any atom is 0.269 e. The molecule has 0 aliphatic rings. The van der Waals surface area contributed by atoms with E-state index in [0.717, 1.165) is 27.9 Å². The number of rotatable bonds is 6.